The first kappa shape index (κ1) is 20.9. The highest BCUT2D eigenvalue weighted by molar-refractivity contribution is 9.10. The number of nitrogens with one attached hydrogen (secondary N) is 1. The van der Waals surface area contributed by atoms with Crippen LogP contribution in [0.5, 0.6) is 0 Å². The van der Waals surface area contributed by atoms with Gasteiger partial charge in [0.25, 0.3) is 5.91 Å². The zero-order valence-corrected chi connectivity index (χ0v) is 18.0. The largest absolute Gasteiger partial charge is 0.296 e. The van der Waals surface area contributed by atoms with Gasteiger partial charge in [-0.05, 0) is 40.5 Å². The molecule has 0 atom stereocenters. The fraction of sp³-hybridized carbons (Fsp3) is 0.438. The lowest BCUT2D eigenvalue weighted by Crippen LogP contribution is -2.30. The standard InChI is InChI=1S/C16H21BrN4O3S2/c1-4-7-14-19-20-16(25-14)18-15(22)12-10-11(8-9-13(12)17)26(23,24)21(5-2)6-3/h8-10H,4-7H2,1-3H3,(H,18,20,22). The van der Waals surface area contributed by atoms with E-state index in [1.807, 2.05) is 6.92 Å². The number of aryl methyl sites for hydroxylation is 1. The monoisotopic (exact) mass is 460 g/mol. The van der Waals surface area contributed by atoms with E-state index >= 15 is 0 Å². The third kappa shape index (κ3) is 4.67. The molecule has 0 saturated carbocycles. The molecule has 26 heavy (non-hydrogen) atoms. The maximum Gasteiger partial charge on any atom is 0.258 e. The Morgan fingerprint density at radius 3 is 2.54 bits per heavy atom. The summed E-state index contributed by atoms with van der Waals surface area (Å²) < 4.78 is 27.2. The third-order valence-corrected chi connectivity index (χ3v) is 7.31. The fourth-order valence-corrected chi connectivity index (χ4v) is 5.08. The molecular weight excluding hydrogens is 440 g/mol. The van der Waals surface area contributed by atoms with Crippen molar-refractivity contribution in [2.24, 2.45) is 0 Å². The Labute approximate surface area is 166 Å². The molecule has 1 aromatic carbocycles. The number of amides is 1. The van der Waals surface area contributed by atoms with E-state index in [1.165, 1.54) is 27.8 Å². The SMILES string of the molecule is CCCc1nnc(NC(=O)c2cc(S(=O)(=O)N(CC)CC)ccc2Br)s1. The van der Waals surface area contributed by atoms with Crippen molar-refractivity contribution >= 4 is 48.3 Å². The second-order valence-corrected chi connectivity index (χ2v) is 9.29. The van der Waals surface area contributed by atoms with E-state index in [0.29, 0.717) is 22.7 Å². The van der Waals surface area contributed by atoms with Crippen LogP contribution in [0, 0.1) is 0 Å². The number of sulfonamides is 1. The van der Waals surface area contributed by atoms with Crippen LogP contribution in [0.4, 0.5) is 5.13 Å². The minimum Gasteiger partial charge on any atom is -0.296 e. The van der Waals surface area contributed by atoms with Crippen molar-refractivity contribution in [2.45, 2.75) is 38.5 Å². The number of hydrogen-bond donors (Lipinski definition) is 1. The molecule has 0 aliphatic rings. The predicted molar refractivity (Wildman–Crippen MR) is 106 cm³/mol. The minimum atomic E-state index is -3.64. The van der Waals surface area contributed by atoms with Crippen LogP contribution in [-0.2, 0) is 16.4 Å². The van der Waals surface area contributed by atoms with Gasteiger partial charge < -0.3 is 0 Å². The number of benzene rings is 1. The zero-order valence-electron chi connectivity index (χ0n) is 14.8. The zero-order chi connectivity index (χ0) is 19.3. The lowest BCUT2D eigenvalue weighted by Gasteiger charge is -2.19. The van der Waals surface area contributed by atoms with Crippen molar-refractivity contribution in [1.29, 1.82) is 0 Å². The summed E-state index contributed by atoms with van der Waals surface area (Å²) in [6.07, 6.45) is 1.74. The summed E-state index contributed by atoms with van der Waals surface area (Å²) in [5, 5.41) is 11.9. The van der Waals surface area contributed by atoms with E-state index in [9.17, 15) is 13.2 Å². The molecule has 1 amide bonds. The Bertz CT molecular complexity index is 879. The molecule has 0 fully saturated rings. The van der Waals surface area contributed by atoms with E-state index in [2.05, 4.69) is 31.4 Å². The van der Waals surface area contributed by atoms with Crippen LogP contribution in [0.15, 0.2) is 27.6 Å². The molecule has 0 aliphatic heterocycles. The maximum atomic E-state index is 12.7. The van der Waals surface area contributed by atoms with Crippen LogP contribution in [-0.4, -0.2) is 41.9 Å². The second-order valence-electron chi connectivity index (χ2n) is 5.44. The Hall–Kier alpha value is -1.36. The Kier molecular flexibility index (Phi) is 7.27. The Morgan fingerprint density at radius 2 is 1.92 bits per heavy atom. The third-order valence-electron chi connectivity index (χ3n) is 3.68. The van der Waals surface area contributed by atoms with Gasteiger partial charge >= 0.3 is 0 Å². The second kappa shape index (κ2) is 9.03. The summed E-state index contributed by atoms with van der Waals surface area (Å²) in [7, 11) is -3.64. The highest BCUT2D eigenvalue weighted by atomic mass is 79.9. The molecule has 0 bridgehead atoms. The van der Waals surface area contributed by atoms with Crippen molar-refractivity contribution in [3.05, 3.63) is 33.2 Å². The van der Waals surface area contributed by atoms with Crippen molar-refractivity contribution < 1.29 is 13.2 Å². The molecule has 2 rings (SSSR count). The molecule has 142 valence electrons. The van der Waals surface area contributed by atoms with Gasteiger partial charge in [0.2, 0.25) is 15.2 Å². The van der Waals surface area contributed by atoms with Crippen LogP contribution < -0.4 is 5.32 Å². The lowest BCUT2D eigenvalue weighted by molar-refractivity contribution is 0.102. The van der Waals surface area contributed by atoms with Gasteiger partial charge in [-0.2, -0.15) is 4.31 Å². The predicted octanol–water partition coefficient (Wildman–Crippen LogP) is 3.54. The first-order chi connectivity index (χ1) is 12.3. The smallest absolute Gasteiger partial charge is 0.258 e. The molecule has 0 radical (unpaired) electrons. The number of carbonyl (C=O) groups excluding carboxylic acids is 1. The molecule has 0 aliphatic carbocycles. The Balaban J connectivity index is 2.29. The van der Waals surface area contributed by atoms with Crippen LogP contribution in [0.2, 0.25) is 0 Å². The summed E-state index contributed by atoms with van der Waals surface area (Å²) in [5.41, 5.74) is 0.227. The normalized spacial score (nSPS) is 11.7. The van der Waals surface area contributed by atoms with Crippen molar-refractivity contribution in [3.8, 4) is 0 Å². The summed E-state index contributed by atoms with van der Waals surface area (Å²) in [5.74, 6) is -0.437. The molecule has 10 heteroatoms. The number of aromatic nitrogens is 2. The topological polar surface area (TPSA) is 92.3 Å². The van der Waals surface area contributed by atoms with Gasteiger partial charge in [0, 0.05) is 24.0 Å². The molecular formula is C16H21BrN4O3S2. The molecule has 1 N–H and O–H groups in total. The van der Waals surface area contributed by atoms with Crippen LogP contribution >= 0.6 is 27.3 Å². The van der Waals surface area contributed by atoms with Gasteiger partial charge in [0.05, 0.1) is 10.5 Å². The summed E-state index contributed by atoms with van der Waals surface area (Å²) in [6.45, 7) is 6.31. The number of hydrogen-bond acceptors (Lipinski definition) is 6. The number of anilines is 1. The van der Waals surface area contributed by atoms with E-state index in [-0.39, 0.29) is 10.5 Å². The minimum absolute atomic E-state index is 0.0819. The molecule has 0 saturated heterocycles. The van der Waals surface area contributed by atoms with Gasteiger partial charge in [-0.3, -0.25) is 10.1 Å². The van der Waals surface area contributed by atoms with Crippen LogP contribution in [0.3, 0.4) is 0 Å². The molecule has 2 aromatic rings. The van der Waals surface area contributed by atoms with Gasteiger partial charge in [0.1, 0.15) is 5.01 Å². The summed E-state index contributed by atoms with van der Waals surface area (Å²) in [6, 6.07) is 4.42. The highest BCUT2D eigenvalue weighted by Gasteiger charge is 2.24. The van der Waals surface area contributed by atoms with E-state index < -0.39 is 15.9 Å². The van der Waals surface area contributed by atoms with E-state index in [1.54, 1.807) is 19.9 Å². The first-order valence-electron chi connectivity index (χ1n) is 8.26. The molecule has 0 unspecified atom stereocenters. The average Bonchev–Trinajstić information content (AvgIpc) is 3.03. The van der Waals surface area contributed by atoms with Gasteiger partial charge in [-0.1, -0.05) is 32.1 Å². The van der Waals surface area contributed by atoms with Crippen LogP contribution in [0.1, 0.15) is 42.6 Å². The van der Waals surface area contributed by atoms with Gasteiger partial charge in [0.15, 0.2) is 0 Å². The molecule has 0 spiro atoms. The number of halogens is 1. The quantitative estimate of drug-likeness (QED) is 0.649. The maximum absolute atomic E-state index is 12.7. The van der Waals surface area contributed by atoms with E-state index in [0.717, 1.165) is 17.8 Å². The Morgan fingerprint density at radius 1 is 1.23 bits per heavy atom. The highest BCUT2D eigenvalue weighted by Crippen LogP contribution is 2.25. The lowest BCUT2D eigenvalue weighted by atomic mass is 10.2. The van der Waals surface area contributed by atoms with Gasteiger partial charge in [-0.25, -0.2) is 8.42 Å². The van der Waals surface area contributed by atoms with Crippen molar-refractivity contribution in [3.63, 3.8) is 0 Å². The van der Waals surface area contributed by atoms with Gasteiger partial charge in [-0.15, -0.1) is 10.2 Å². The number of carbonyl (C=O) groups is 1. The molecule has 1 heterocycles. The fourth-order valence-electron chi connectivity index (χ4n) is 2.33. The van der Waals surface area contributed by atoms with E-state index in [4.69, 9.17) is 0 Å². The van der Waals surface area contributed by atoms with Crippen molar-refractivity contribution in [2.75, 3.05) is 18.4 Å². The number of rotatable bonds is 8. The first-order valence-corrected chi connectivity index (χ1v) is 11.3. The summed E-state index contributed by atoms with van der Waals surface area (Å²) in [4.78, 5) is 12.7. The molecule has 7 nitrogen and oxygen atoms in total. The average molecular weight is 461 g/mol. The van der Waals surface area contributed by atoms with Crippen LogP contribution in [0.25, 0.3) is 0 Å². The van der Waals surface area contributed by atoms with Crippen molar-refractivity contribution in [1.82, 2.24) is 14.5 Å². The molecule has 1 aromatic heterocycles. The number of nitrogens with zero attached hydrogens (tertiary/aromatic N) is 3. The summed E-state index contributed by atoms with van der Waals surface area (Å²) >= 11 is 4.62.